The van der Waals surface area contributed by atoms with Crippen LogP contribution in [0.25, 0.3) is 5.69 Å². The van der Waals surface area contributed by atoms with E-state index in [0.717, 1.165) is 29.1 Å². The number of hydrogen-bond donors (Lipinski definition) is 2. The molecule has 3 heterocycles. The Morgan fingerprint density at radius 3 is 2.42 bits per heavy atom. The van der Waals surface area contributed by atoms with E-state index in [1.165, 1.54) is 28.1 Å². The van der Waals surface area contributed by atoms with Crippen molar-refractivity contribution in [3.63, 3.8) is 0 Å². The van der Waals surface area contributed by atoms with Gasteiger partial charge in [0.05, 0.1) is 23.5 Å². The summed E-state index contributed by atoms with van der Waals surface area (Å²) in [6.45, 7) is 11.2. The Hall–Kier alpha value is -3.97. The Balaban J connectivity index is 1.49. The van der Waals surface area contributed by atoms with Crippen LogP contribution in [0.5, 0.6) is 0 Å². The van der Waals surface area contributed by atoms with Crippen molar-refractivity contribution in [2.24, 2.45) is 0 Å². The molecule has 0 saturated carbocycles. The number of carbonyl (C=O) groups excluding carboxylic acids is 1. The number of pyridine rings is 1. The van der Waals surface area contributed by atoms with Crippen molar-refractivity contribution >= 4 is 28.9 Å². The summed E-state index contributed by atoms with van der Waals surface area (Å²) in [7, 11) is 0. The van der Waals surface area contributed by atoms with Crippen molar-refractivity contribution in [3.8, 4) is 5.69 Å². The van der Waals surface area contributed by atoms with Crippen molar-refractivity contribution < 1.29 is 4.79 Å². The molecule has 7 heteroatoms. The standard InChI is InChI=1S/C33H37N5OS/c1-6-25-14-7-8-15-27(25)35-29(39)17-19-37-32(30(36-33(37)40)28-16-9-10-18-34-28)26-20-23(4)38(24(26)5)31-21(2)12-11-13-22(31)3/h7-16,18,20,30,32H,6,17,19H2,1-5H3,(H,35,39)(H,36,40)/t30-,32+/m1/s1. The smallest absolute Gasteiger partial charge is 0.226 e. The zero-order valence-corrected chi connectivity index (χ0v) is 24.7. The third-order valence-electron chi connectivity index (χ3n) is 7.90. The van der Waals surface area contributed by atoms with Crippen LogP contribution in [0.1, 0.15) is 64.8 Å². The van der Waals surface area contributed by atoms with Crippen LogP contribution in [-0.2, 0) is 11.2 Å². The predicted octanol–water partition coefficient (Wildman–Crippen LogP) is 6.67. The van der Waals surface area contributed by atoms with Gasteiger partial charge in [-0.15, -0.1) is 0 Å². The van der Waals surface area contributed by atoms with Crippen LogP contribution in [-0.4, -0.2) is 32.0 Å². The lowest BCUT2D eigenvalue weighted by molar-refractivity contribution is -0.116. The summed E-state index contributed by atoms with van der Waals surface area (Å²) in [5.74, 6) is -0.0234. The van der Waals surface area contributed by atoms with Gasteiger partial charge in [0.25, 0.3) is 0 Å². The molecule has 1 amide bonds. The summed E-state index contributed by atoms with van der Waals surface area (Å²) in [5, 5.41) is 7.28. The van der Waals surface area contributed by atoms with E-state index in [1.54, 1.807) is 0 Å². The van der Waals surface area contributed by atoms with E-state index in [9.17, 15) is 4.79 Å². The maximum Gasteiger partial charge on any atom is 0.226 e. The third-order valence-corrected chi connectivity index (χ3v) is 8.25. The van der Waals surface area contributed by atoms with Crippen LogP contribution in [0.3, 0.4) is 0 Å². The average Bonchev–Trinajstić information content (AvgIpc) is 3.43. The topological polar surface area (TPSA) is 62.2 Å². The number of anilines is 1. The first kappa shape index (κ1) is 27.6. The van der Waals surface area contributed by atoms with E-state index in [1.807, 2.05) is 42.6 Å². The number of carbonyl (C=O) groups is 1. The van der Waals surface area contributed by atoms with Gasteiger partial charge in [0.2, 0.25) is 5.91 Å². The molecule has 2 atom stereocenters. The fraction of sp³-hybridized carbons (Fsp3) is 0.303. The molecule has 5 rings (SSSR count). The number of aromatic nitrogens is 2. The molecule has 1 fully saturated rings. The molecule has 0 unspecified atom stereocenters. The number of para-hydroxylation sites is 2. The van der Waals surface area contributed by atoms with Gasteiger partial charge in [-0.05, 0) is 92.9 Å². The van der Waals surface area contributed by atoms with Crippen LogP contribution in [0, 0.1) is 27.7 Å². The SMILES string of the molecule is CCc1ccccc1NC(=O)CCN1C(=S)N[C@H](c2ccccn2)[C@@H]1c1cc(C)n(-c2c(C)cccc2C)c1C. The second kappa shape index (κ2) is 11.6. The summed E-state index contributed by atoms with van der Waals surface area (Å²) in [4.78, 5) is 20.0. The number of nitrogens with zero attached hydrogens (tertiary/aromatic N) is 3. The largest absolute Gasteiger partial charge is 0.352 e. The van der Waals surface area contributed by atoms with Gasteiger partial charge in [0, 0.05) is 36.2 Å². The molecule has 2 aromatic heterocycles. The van der Waals surface area contributed by atoms with Gasteiger partial charge in [0.1, 0.15) is 0 Å². The van der Waals surface area contributed by atoms with Gasteiger partial charge >= 0.3 is 0 Å². The van der Waals surface area contributed by atoms with Crippen LogP contribution < -0.4 is 10.6 Å². The second-order valence-electron chi connectivity index (χ2n) is 10.5. The molecule has 0 bridgehead atoms. The van der Waals surface area contributed by atoms with E-state index in [0.29, 0.717) is 18.1 Å². The molecule has 0 radical (unpaired) electrons. The first-order chi connectivity index (χ1) is 19.3. The minimum absolute atomic E-state index is 0.0234. The minimum Gasteiger partial charge on any atom is -0.352 e. The van der Waals surface area contributed by atoms with Gasteiger partial charge in [-0.2, -0.15) is 0 Å². The van der Waals surface area contributed by atoms with Gasteiger partial charge in [-0.3, -0.25) is 9.78 Å². The molecule has 4 aromatic rings. The van der Waals surface area contributed by atoms with E-state index < -0.39 is 0 Å². The van der Waals surface area contributed by atoms with Gasteiger partial charge in [0.15, 0.2) is 5.11 Å². The van der Waals surface area contributed by atoms with Gasteiger partial charge in [-0.1, -0.05) is 49.4 Å². The highest BCUT2D eigenvalue weighted by atomic mass is 32.1. The Labute approximate surface area is 242 Å². The molecule has 1 aliphatic heterocycles. The Kier molecular flexibility index (Phi) is 8.03. The highest BCUT2D eigenvalue weighted by molar-refractivity contribution is 7.80. The Morgan fingerprint density at radius 1 is 1.00 bits per heavy atom. The molecule has 40 heavy (non-hydrogen) atoms. The predicted molar refractivity (Wildman–Crippen MR) is 166 cm³/mol. The first-order valence-corrected chi connectivity index (χ1v) is 14.3. The number of nitrogens with one attached hydrogen (secondary N) is 2. The van der Waals surface area contributed by atoms with Crippen molar-refractivity contribution in [2.45, 2.75) is 59.5 Å². The average molecular weight is 552 g/mol. The lowest BCUT2D eigenvalue weighted by Crippen LogP contribution is -2.33. The van der Waals surface area contributed by atoms with Gasteiger partial charge < -0.3 is 20.1 Å². The van der Waals surface area contributed by atoms with Gasteiger partial charge in [-0.25, -0.2) is 0 Å². The number of benzene rings is 2. The summed E-state index contributed by atoms with van der Waals surface area (Å²) in [6, 6.07) is 22.4. The van der Waals surface area contributed by atoms with Crippen LogP contribution in [0.15, 0.2) is 72.9 Å². The Bertz CT molecular complexity index is 1520. The van der Waals surface area contributed by atoms with E-state index in [4.69, 9.17) is 12.2 Å². The number of rotatable bonds is 8. The molecule has 2 N–H and O–H groups in total. The summed E-state index contributed by atoms with van der Waals surface area (Å²) < 4.78 is 2.35. The molecular formula is C33H37N5OS. The number of hydrogen-bond acceptors (Lipinski definition) is 3. The number of thiocarbonyl (C=S) groups is 1. The highest BCUT2D eigenvalue weighted by Gasteiger charge is 2.41. The summed E-state index contributed by atoms with van der Waals surface area (Å²) >= 11 is 5.88. The van der Waals surface area contributed by atoms with Crippen LogP contribution >= 0.6 is 12.2 Å². The maximum absolute atomic E-state index is 13.1. The molecule has 1 aliphatic rings. The van der Waals surface area contributed by atoms with E-state index in [-0.39, 0.29) is 18.0 Å². The van der Waals surface area contributed by atoms with Crippen LogP contribution in [0.4, 0.5) is 5.69 Å². The second-order valence-corrected chi connectivity index (χ2v) is 10.9. The fourth-order valence-electron chi connectivity index (χ4n) is 5.96. The lowest BCUT2D eigenvalue weighted by Gasteiger charge is -2.28. The molecule has 6 nitrogen and oxygen atoms in total. The number of amides is 1. The quantitative estimate of drug-likeness (QED) is 0.240. The lowest BCUT2D eigenvalue weighted by atomic mass is 9.96. The molecule has 0 spiro atoms. The monoisotopic (exact) mass is 551 g/mol. The molecule has 1 saturated heterocycles. The third kappa shape index (κ3) is 5.26. The highest BCUT2D eigenvalue weighted by Crippen LogP contribution is 2.42. The number of aryl methyl sites for hydroxylation is 4. The van der Waals surface area contributed by atoms with Crippen molar-refractivity contribution in [1.29, 1.82) is 0 Å². The minimum atomic E-state index is -0.135. The Morgan fingerprint density at radius 2 is 1.73 bits per heavy atom. The van der Waals surface area contributed by atoms with E-state index >= 15 is 0 Å². The zero-order chi connectivity index (χ0) is 28.4. The van der Waals surface area contributed by atoms with Crippen LogP contribution in [0.2, 0.25) is 0 Å². The molecular weight excluding hydrogens is 514 g/mol. The van der Waals surface area contributed by atoms with Crippen molar-refractivity contribution in [1.82, 2.24) is 19.8 Å². The molecule has 0 aliphatic carbocycles. The summed E-state index contributed by atoms with van der Waals surface area (Å²) in [6.07, 6.45) is 3.00. The fourth-order valence-corrected chi connectivity index (χ4v) is 6.29. The molecule has 206 valence electrons. The first-order valence-electron chi connectivity index (χ1n) is 13.9. The maximum atomic E-state index is 13.1. The van der Waals surface area contributed by atoms with Crippen molar-refractivity contribution in [2.75, 3.05) is 11.9 Å². The zero-order valence-electron chi connectivity index (χ0n) is 23.9. The normalized spacial score (nSPS) is 16.7. The van der Waals surface area contributed by atoms with E-state index in [2.05, 4.69) is 90.0 Å². The molecule has 2 aromatic carbocycles. The summed E-state index contributed by atoms with van der Waals surface area (Å²) in [5.41, 5.74) is 10.1. The van der Waals surface area contributed by atoms with Crippen molar-refractivity contribution in [3.05, 3.63) is 112 Å².